The van der Waals surface area contributed by atoms with Gasteiger partial charge in [-0.05, 0) is 51.4 Å². The number of ketones is 1. The third-order valence-electron chi connectivity index (χ3n) is 7.62. The molecule has 3 aliphatic carbocycles. The van der Waals surface area contributed by atoms with Crippen LogP contribution in [-0.2, 0) is 20.8 Å². The first kappa shape index (κ1) is 28.9. The van der Waals surface area contributed by atoms with E-state index in [0.29, 0.717) is 0 Å². The van der Waals surface area contributed by atoms with E-state index < -0.39 is 76.5 Å². The number of likely N-dealkylation sites (N-methyl/N-ethyl adjacent to an activating group) is 1. The maximum atomic E-state index is 13.9. The number of aliphatic hydroxyl groups excluding tert-OH is 2. The van der Waals surface area contributed by atoms with Crippen LogP contribution in [0.5, 0.6) is 5.75 Å². The van der Waals surface area contributed by atoms with Gasteiger partial charge in [0.25, 0.3) is 5.91 Å². The number of nitrogens with two attached hydrogens (primary N) is 2. The van der Waals surface area contributed by atoms with Crippen LogP contribution in [0, 0.1) is 17.2 Å². The van der Waals surface area contributed by atoms with E-state index in [1.165, 1.54) is 32.0 Å². The number of hydrogen-bond acceptors (Lipinski definition) is 11. The molecule has 0 aliphatic heterocycles. The minimum Gasteiger partial charge on any atom is -0.510 e. The monoisotopic (exact) mass is 567 g/mol. The molecule has 0 unspecified atom stereocenters. The number of primary amides is 1. The fraction of sp³-hybridized carbons (Fsp3) is 0.440. The number of aliphatic hydroxyl groups is 3. The van der Waals surface area contributed by atoms with Crippen molar-refractivity contribution in [1.82, 2.24) is 4.90 Å². The van der Waals surface area contributed by atoms with Crippen molar-refractivity contribution in [1.29, 1.82) is 5.41 Å². The lowest BCUT2D eigenvalue weighted by molar-refractivity contribution is -0.173. The number of amides is 1. The summed E-state index contributed by atoms with van der Waals surface area (Å²) in [5.41, 5.74) is 6.34. The molecule has 15 heteroatoms. The summed E-state index contributed by atoms with van der Waals surface area (Å²) >= 11 is 0. The van der Waals surface area contributed by atoms with E-state index in [1.807, 2.05) is 0 Å². The molecule has 1 amide bonds. The van der Waals surface area contributed by atoms with Crippen molar-refractivity contribution >= 4 is 34.6 Å². The molecule has 0 aromatic heterocycles. The van der Waals surface area contributed by atoms with Crippen LogP contribution in [0.1, 0.15) is 30.0 Å². The predicted molar refractivity (Wildman–Crippen MR) is 136 cm³/mol. The molecule has 0 saturated heterocycles. The predicted octanol–water partition coefficient (Wildman–Crippen LogP) is 1.30. The van der Waals surface area contributed by atoms with Crippen LogP contribution in [-0.4, -0.2) is 87.0 Å². The first-order valence-electron chi connectivity index (χ1n) is 12.0. The van der Waals surface area contributed by atoms with Crippen molar-refractivity contribution in [2.75, 3.05) is 26.4 Å². The van der Waals surface area contributed by atoms with E-state index in [9.17, 15) is 43.2 Å². The number of carbonyl (C=O) groups is 2. The Labute approximate surface area is 225 Å². The van der Waals surface area contributed by atoms with Crippen molar-refractivity contribution < 1.29 is 48.0 Å². The van der Waals surface area contributed by atoms with Crippen molar-refractivity contribution in [3.8, 4) is 5.75 Å². The molecule has 4 atom stereocenters. The lowest BCUT2D eigenvalue weighted by atomic mass is 9.56. The van der Waals surface area contributed by atoms with E-state index in [4.69, 9.17) is 16.9 Å². The van der Waals surface area contributed by atoms with E-state index in [1.54, 1.807) is 0 Å². The molecule has 3 aliphatic rings. The Balaban J connectivity index is 1.90. The number of hydrogen-bond donors (Lipinski definition) is 7. The summed E-state index contributed by atoms with van der Waals surface area (Å²) in [4.78, 5) is 31.9. The molecule has 1 saturated carbocycles. The average molecular weight is 568 g/mol. The Morgan fingerprint density at radius 3 is 2.48 bits per heavy atom. The summed E-state index contributed by atoms with van der Waals surface area (Å²) in [7, 11) is 3.05. The highest BCUT2D eigenvalue weighted by Gasteiger charge is 2.63. The molecular weight excluding hydrogens is 539 g/mol. The van der Waals surface area contributed by atoms with Crippen LogP contribution in [0.25, 0.3) is 5.76 Å². The lowest BCUT2D eigenvalue weighted by Gasteiger charge is -2.51. The van der Waals surface area contributed by atoms with Gasteiger partial charge in [0, 0.05) is 17.1 Å². The summed E-state index contributed by atoms with van der Waals surface area (Å²) < 4.78 is 37.6. The second-order valence-corrected chi connectivity index (χ2v) is 10.3. The highest BCUT2D eigenvalue weighted by Crippen LogP contribution is 2.53. The minimum absolute atomic E-state index is 0.0561. The van der Waals surface area contributed by atoms with Gasteiger partial charge in [-0.3, -0.25) is 14.5 Å². The summed E-state index contributed by atoms with van der Waals surface area (Å²) in [6, 6.07) is 0.129. The largest absolute Gasteiger partial charge is 0.510 e. The molecule has 4 rings (SSSR count). The number of phenolic OH excluding ortho intramolecular Hbond substituents is 1. The number of nitrogens with one attached hydrogen (secondary N) is 1. The highest BCUT2D eigenvalue weighted by atomic mass is 19.4. The number of nitrogen functional groups attached to an aromatic ring is 1. The fourth-order valence-electron chi connectivity index (χ4n) is 5.96. The molecule has 1 fully saturated rings. The zero-order valence-corrected chi connectivity index (χ0v) is 21.6. The number of halogens is 3. The van der Waals surface area contributed by atoms with Gasteiger partial charge in [0.05, 0.1) is 28.7 Å². The van der Waals surface area contributed by atoms with Gasteiger partial charge < -0.3 is 42.1 Å². The number of aromatic hydroxyl groups is 1. The molecular formula is C25H28F3N5O7. The number of carbonyl (C=O) groups excluding carboxylic acids is 2. The Morgan fingerprint density at radius 1 is 1.30 bits per heavy atom. The smallest absolute Gasteiger partial charge is 0.425 e. The Hall–Kier alpha value is -4.11. The van der Waals surface area contributed by atoms with E-state index in [-0.39, 0.29) is 46.5 Å². The third kappa shape index (κ3) is 4.25. The molecule has 0 spiro atoms. The van der Waals surface area contributed by atoms with Crippen LogP contribution in [0.3, 0.4) is 0 Å². The van der Waals surface area contributed by atoms with E-state index in [2.05, 4.69) is 9.99 Å². The molecule has 9 N–H and O–H groups in total. The summed E-state index contributed by atoms with van der Waals surface area (Å²) in [6.45, 7) is -0.322. The van der Waals surface area contributed by atoms with Crippen molar-refractivity contribution in [2.45, 2.75) is 37.6 Å². The number of Topliss-reactive ketones (excluding diaryl/α,β-unsaturated/α-hetero) is 1. The number of fused-ring (bicyclic) bond motifs is 3. The first-order valence-corrected chi connectivity index (χ1v) is 12.0. The van der Waals surface area contributed by atoms with Crippen LogP contribution in [0.2, 0.25) is 0 Å². The maximum Gasteiger partial charge on any atom is 0.425 e. The number of oxime groups is 1. The van der Waals surface area contributed by atoms with E-state index >= 15 is 0 Å². The Bertz CT molecular complexity index is 1430. The van der Waals surface area contributed by atoms with Crippen LogP contribution in [0.15, 0.2) is 28.1 Å². The van der Waals surface area contributed by atoms with Crippen molar-refractivity contribution in [3.63, 3.8) is 0 Å². The number of alkyl halides is 3. The second kappa shape index (κ2) is 9.52. The molecule has 1 aromatic rings. The molecule has 0 radical (unpaired) electrons. The van der Waals surface area contributed by atoms with Gasteiger partial charge in [-0.15, -0.1) is 0 Å². The maximum absolute atomic E-state index is 13.9. The molecule has 0 bridgehead atoms. The number of benzene rings is 1. The van der Waals surface area contributed by atoms with Gasteiger partial charge in [0.2, 0.25) is 12.4 Å². The topological polar surface area (TPSA) is 216 Å². The second-order valence-electron chi connectivity index (χ2n) is 10.3. The van der Waals surface area contributed by atoms with Crippen LogP contribution in [0.4, 0.5) is 18.9 Å². The zero-order valence-electron chi connectivity index (χ0n) is 21.6. The van der Waals surface area contributed by atoms with Gasteiger partial charge in [0.1, 0.15) is 22.8 Å². The number of rotatable bonds is 5. The summed E-state index contributed by atoms with van der Waals surface area (Å²) in [6.07, 6.45) is -4.80. The number of nitrogens with zero attached hydrogens (tertiary/aromatic N) is 2. The molecule has 40 heavy (non-hydrogen) atoms. The van der Waals surface area contributed by atoms with Gasteiger partial charge in [0.15, 0.2) is 5.60 Å². The quantitative estimate of drug-likeness (QED) is 0.118. The Morgan fingerprint density at radius 2 is 1.93 bits per heavy atom. The number of phenols is 1. The van der Waals surface area contributed by atoms with E-state index in [0.717, 1.165) is 0 Å². The number of anilines is 1. The summed E-state index contributed by atoms with van der Waals surface area (Å²) in [5, 5.41) is 56.6. The van der Waals surface area contributed by atoms with Gasteiger partial charge in [-0.2, -0.15) is 13.2 Å². The fourth-order valence-corrected chi connectivity index (χ4v) is 5.96. The first-order chi connectivity index (χ1) is 18.4. The molecule has 0 heterocycles. The van der Waals surface area contributed by atoms with Crippen molar-refractivity contribution in [3.05, 3.63) is 39.7 Å². The third-order valence-corrected chi connectivity index (χ3v) is 7.62. The highest BCUT2D eigenvalue weighted by molar-refractivity contribution is 6.34. The lowest BCUT2D eigenvalue weighted by Crippen LogP contribution is -2.67. The molecule has 12 nitrogen and oxygen atoms in total. The summed E-state index contributed by atoms with van der Waals surface area (Å²) in [5.74, 6) is -6.32. The van der Waals surface area contributed by atoms with Gasteiger partial charge >= 0.3 is 6.18 Å². The SMILES string of the molecule is C/C(=N\OCC(F)(F)F)c1cc(N)c(O)c2c1C[C@H]1C[C@H]3[C@H](N(C)C)C(O)=C(C(N)=O)C(=N)[C@@]3(O)C(=O)C1=C2O. The van der Waals surface area contributed by atoms with Gasteiger partial charge in [-0.1, -0.05) is 5.16 Å². The minimum atomic E-state index is -4.64. The molecule has 216 valence electrons. The van der Waals surface area contributed by atoms with Crippen LogP contribution >= 0.6 is 0 Å². The normalized spacial score (nSPS) is 27.0. The average Bonchev–Trinajstić information content (AvgIpc) is 2.82. The molecule has 1 aromatic carbocycles. The van der Waals surface area contributed by atoms with Gasteiger partial charge in [-0.25, -0.2) is 0 Å². The van der Waals surface area contributed by atoms with Crippen molar-refractivity contribution in [2.24, 2.45) is 22.7 Å². The van der Waals surface area contributed by atoms with Crippen LogP contribution < -0.4 is 11.5 Å². The zero-order chi connectivity index (χ0) is 30.1. The Kier molecular flexibility index (Phi) is 6.87. The standard InChI is InChI=1S/C25H28F3N5O7/c1-8(32-40-7-24(26,27)28)10-6-13(29)18(34)15-11(10)4-9-5-12-17(33(2)3)20(36)16(23(31)38)21(30)25(12,39)22(37)14(9)19(15)35/h6,9,12,17,30,34-36,39H,4-5,7,29H2,1-3H3,(H2,31,38)/b30-21?,32-8+/t9-,12-,17-,25+/m0/s1.